The van der Waals surface area contributed by atoms with E-state index < -0.39 is 9.84 Å². The van der Waals surface area contributed by atoms with Gasteiger partial charge >= 0.3 is 0 Å². The Bertz CT molecular complexity index is 1010. The zero-order valence-corrected chi connectivity index (χ0v) is 14.7. The number of aromatic hydroxyl groups is 1. The first-order valence-electron chi connectivity index (χ1n) is 7.59. The number of sulfone groups is 1. The Morgan fingerprint density at radius 1 is 1.00 bits per heavy atom. The van der Waals surface area contributed by atoms with Gasteiger partial charge in [0.05, 0.1) is 12.0 Å². The Hall–Kier alpha value is -2.79. The van der Waals surface area contributed by atoms with E-state index in [1.54, 1.807) is 43.5 Å². The van der Waals surface area contributed by atoms with E-state index in [1.165, 1.54) is 6.26 Å². The smallest absolute Gasteiger partial charge is 0.175 e. The van der Waals surface area contributed by atoms with Gasteiger partial charge in [-0.15, -0.1) is 0 Å². The fourth-order valence-electron chi connectivity index (χ4n) is 2.71. The van der Waals surface area contributed by atoms with Crippen LogP contribution in [0.5, 0.6) is 11.5 Å². The summed E-state index contributed by atoms with van der Waals surface area (Å²) in [6.45, 7) is 0. The molecule has 0 amide bonds. The van der Waals surface area contributed by atoms with E-state index in [2.05, 4.69) is 6.07 Å². The highest BCUT2D eigenvalue weighted by atomic mass is 32.2. The van der Waals surface area contributed by atoms with Crippen LogP contribution in [0.1, 0.15) is 0 Å². The molecule has 1 radical (unpaired) electrons. The van der Waals surface area contributed by atoms with Crippen LogP contribution < -0.4 is 4.74 Å². The quantitative estimate of drug-likeness (QED) is 0.772. The first-order valence-corrected chi connectivity index (χ1v) is 9.48. The van der Waals surface area contributed by atoms with Gasteiger partial charge in [-0.2, -0.15) is 0 Å². The number of phenols is 1. The van der Waals surface area contributed by atoms with E-state index >= 15 is 0 Å². The van der Waals surface area contributed by atoms with Crippen molar-refractivity contribution >= 4 is 9.84 Å². The summed E-state index contributed by atoms with van der Waals surface area (Å²) in [4.78, 5) is 0.246. The summed E-state index contributed by atoms with van der Waals surface area (Å²) in [7, 11) is -1.69. The van der Waals surface area contributed by atoms with Crippen molar-refractivity contribution in [1.29, 1.82) is 0 Å². The Morgan fingerprint density at radius 2 is 1.68 bits per heavy atom. The van der Waals surface area contributed by atoms with Crippen LogP contribution in [0.15, 0.2) is 65.6 Å². The zero-order chi connectivity index (χ0) is 18.0. The number of ether oxygens (including phenoxy) is 1. The lowest BCUT2D eigenvalue weighted by Gasteiger charge is -2.15. The fraction of sp³-hybridized carbons (Fsp3) is 0.100. The molecule has 3 aromatic rings. The van der Waals surface area contributed by atoms with Gasteiger partial charge in [-0.1, -0.05) is 36.4 Å². The average molecular weight is 353 g/mol. The van der Waals surface area contributed by atoms with Crippen molar-refractivity contribution in [3.63, 3.8) is 0 Å². The van der Waals surface area contributed by atoms with Gasteiger partial charge in [0.25, 0.3) is 0 Å². The number of phenolic OH excluding ortho intramolecular Hbond substituents is 1. The first kappa shape index (κ1) is 17.0. The zero-order valence-electron chi connectivity index (χ0n) is 13.9. The van der Waals surface area contributed by atoms with Gasteiger partial charge in [0.1, 0.15) is 11.5 Å². The SMILES string of the molecule is COc1ccccc1-c1c(-c2ccc(S(C)(=O)=O)cc2)[c]ccc1O. The number of hydrogen-bond acceptors (Lipinski definition) is 4. The first-order chi connectivity index (χ1) is 11.9. The third-order valence-corrected chi connectivity index (χ3v) is 5.05. The van der Waals surface area contributed by atoms with Crippen molar-refractivity contribution in [1.82, 2.24) is 0 Å². The maximum Gasteiger partial charge on any atom is 0.175 e. The summed E-state index contributed by atoms with van der Waals surface area (Å²) in [5.74, 6) is 0.733. The molecule has 0 spiro atoms. The molecule has 0 unspecified atom stereocenters. The van der Waals surface area contributed by atoms with Crippen molar-refractivity contribution in [3.05, 3.63) is 66.7 Å². The molecule has 0 aromatic heterocycles. The van der Waals surface area contributed by atoms with Crippen molar-refractivity contribution in [3.8, 4) is 33.8 Å². The molecule has 0 fully saturated rings. The highest BCUT2D eigenvalue weighted by Gasteiger charge is 2.16. The van der Waals surface area contributed by atoms with Crippen LogP contribution in [0.25, 0.3) is 22.3 Å². The highest BCUT2D eigenvalue weighted by Crippen LogP contribution is 2.42. The molecule has 0 aliphatic heterocycles. The van der Waals surface area contributed by atoms with Crippen molar-refractivity contribution in [2.24, 2.45) is 0 Å². The molecule has 25 heavy (non-hydrogen) atoms. The number of rotatable bonds is 4. The summed E-state index contributed by atoms with van der Waals surface area (Å²) in [5.41, 5.74) is 2.75. The van der Waals surface area contributed by atoms with E-state index in [0.29, 0.717) is 16.9 Å². The summed E-state index contributed by atoms with van der Waals surface area (Å²) in [6, 6.07) is 20.2. The van der Waals surface area contributed by atoms with E-state index in [4.69, 9.17) is 4.74 Å². The van der Waals surface area contributed by atoms with Gasteiger partial charge in [-0.25, -0.2) is 8.42 Å². The second-order valence-corrected chi connectivity index (χ2v) is 7.63. The minimum atomic E-state index is -3.26. The standard InChI is InChI=1S/C20H17O4S/c1-24-19-9-4-3-6-17(19)20-16(7-5-8-18(20)21)14-10-12-15(13-11-14)25(2,22)23/h3-6,8-13,21H,1-2H3. The molecular formula is C20H17O4S. The third-order valence-electron chi connectivity index (χ3n) is 3.92. The van der Waals surface area contributed by atoms with Gasteiger partial charge in [0.2, 0.25) is 0 Å². The molecule has 0 saturated heterocycles. The monoisotopic (exact) mass is 353 g/mol. The number of benzene rings is 3. The Labute approximate surface area is 147 Å². The molecule has 1 N–H and O–H groups in total. The number of hydrogen-bond donors (Lipinski definition) is 1. The van der Waals surface area contributed by atoms with E-state index in [0.717, 1.165) is 11.1 Å². The van der Waals surface area contributed by atoms with Gasteiger partial charge in [0.15, 0.2) is 9.84 Å². The Balaban J connectivity index is 2.20. The second-order valence-electron chi connectivity index (χ2n) is 5.61. The molecule has 0 bridgehead atoms. The van der Waals surface area contributed by atoms with Crippen molar-refractivity contribution in [2.45, 2.75) is 4.90 Å². The molecule has 0 aliphatic carbocycles. The lowest BCUT2D eigenvalue weighted by Crippen LogP contribution is -1.96. The molecule has 0 heterocycles. The van der Waals surface area contributed by atoms with Crippen LogP contribution in [0.2, 0.25) is 0 Å². The summed E-state index contributed by atoms with van der Waals surface area (Å²) in [6.07, 6.45) is 1.17. The normalized spacial score (nSPS) is 11.3. The average Bonchev–Trinajstić information content (AvgIpc) is 2.61. The van der Waals surface area contributed by atoms with Crippen LogP contribution in [0, 0.1) is 6.07 Å². The fourth-order valence-corrected chi connectivity index (χ4v) is 3.34. The molecule has 0 aliphatic rings. The predicted molar refractivity (Wildman–Crippen MR) is 97.5 cm³/mol. The molecule has 5 heteroatoms. The summed E-state index contributed by atoms with van der Waals surface area (Å²) < 4.78 is 28.7. The maximum atomic E-state index is 11.6. The second kappa shape index (κ2) is 6.61. The van der Waals surface area contributed by atoms with Crippen LogP contribution >= 0.6 is 0 Å². The Morgan fingerprint density at radius 3 is 2.32 bits per heavy atom. The van der Waals surface area contributed by atoms with Gasteiger partial charge in [-0.05, 0) is 35.9 Å². The maximum absolute atomic E-state index is 11.6. The largest absolute Gasteiger partial charge is 0.507 e. The molecule has 0 atom stereocenters. The topological polar surface area (TPSA) is 63.6 Å². The molecule has 3 rings (SSSR count). The highest BCUT2D eigenvalue weighted by molar-refractivity contribution is 7.90. The summed E-state index contributed by atoms with van der Waals surface area (Å²) in [5, 5.41) is 10.4. The van der Waals surface area contributed by atoms with Crippen LogP contribution in [0.4, 0.5) is 0 Å². The number of methoxy groups -OCH3 is 1. The van der Waals surface area contributed by atoms with E-state index in [1.807, 2.05) is 24.3 Å². The third kappa shape index (κ3) is 3.37. The minimum absolute atomic E-state index is 0.102. The molecule has 3 aromatic carbocycles. The van der Waals surface area contributed by atoms with Crippen LogP contribution in [0.3, 0.4) is 0 Å². The molecule has 0 saturated carbocycles. The molecule has 127 valence electrons. The molecule has 4 nitrogen and oxygen atoms in total. The van der Waals surface area contributed by atoms with Crippen LogP contribution in [-0.4, -0.2) is 26.9 Å². The van der Waals surface area contributed by atoms with Crippen molar-refractivity contribution < 1.29 is 18.3 Å². The molecular weight excluding hydrogens is 336 g/mol. The minimum Gasteiger partial charge on any atom is -0.507 e. The van der Waals surface area contributed by atoms with Crippen molar-refractivity contribution in [2.75, 3.05) is 13.4 Å². The summed E-state index contributed by atoms with van der Waals surface area (Å²) >= 11 is 0. The predicted octanol–water partition coefficient (Wildman–Crippen LogP) is 3.94. The van der Waals surface area contributed by atoms with Crippen LogP contribution in [-0.2, 0) is 9.84 Å². The van der Waals surface area contributed by atoms with Gasteiger partial charge in [0, 0.05) is 22.9 Å². The lowest BCUT2D eigenvalue weighted by atomic mass is 9.93. The van der Waals surface area contributed by atoms with Gasteiger partial charge in [-0.3, -0.25) is 0 Å². The lowest BCUT2D eigenvalue weighted by molar-refractivity contribution is 0.416. The van der Waals surface area contributed by atoms with E-state index in [9.17, 15) is 13.5 Å². The Kier molecular flexibility index (Phi) is 4.51. The van der Waals surface area contributed by atoms with Gasteiger partial charge < -0.3 is 9.84 Å². The van der Waals surface area contributed by atoms with E-state index in [-0.39, 0.29) is 10.6 Å². The number of para-hydroxylation sites is 1.